The Bertz CT molecular complexity index is 671. The van der Waals surface area contributed by atoms with Crippen LogP contribution in [-0.2, 0) is 0 Å². The second-order valence-corrected chi connectivity index (χ2v) is 4.95. The zero-order chi connectivity index (χ0) is 14.7. The van der Waals surface area contributed by atoms with E-state index in [-0.39, 0.29) is 11.3 Å². The van der Waals surface area contributed by atoms with E-state index in [0.717, 1.165) is 0 Å². The molecule has 102 valence electrons. The first-order valence-corrected chi connectivity index (χ1v) is 6.39. The monoisotopic (exact) mass is 335 g/mol. The minimum Gasteiger partial charge on any atom is -0.478 e. The molecule has 0 saturated heterocycles. The molecule has 20 heavy (non-hydrogen) atoms. The Labute approximate surface area is 123 Å². The summed E-state index contributed by atoms with van der Waals surface area (Å²) in [6.45, 7) is 1.77. The number of halogens is 1. The van der Waals surface area contributed by atoms with Gasteiger partial charge in [0.05, 0.1) is 17.5 Å². The van der Waals surface area contributed by atoms with E-state index in [4.69, 9.17) is 5.11 Å². The van der Waals surface area contributed by atoms with Gasteiger partial charge in [-0.25, -0.2) is 9.78 Å². The van der Waals surface area contributed by atoms with E-state index in [1.54, 1.807) is 13.0 Å². The van der Waals surface area contributed by atoms with Crippen LogP contribution in [0, 0.1) is 6.92 Å². The maximum atomic E-state index is 11.9. The molecule has 1 aromatic carbocycles. The number of hydrogen-bond donors (Lipinski definition) is 2. The number of nitrogens with one attached hydrogen (secondary N) is 1. The number of hydrogen-bond acceptors (Lipinski definition) is 4. The van der Waals surface area contributed by atoms with Crippen molar-refractivity contribution >= 4 is 33.5 Å². The van der Waals surface area contributed by atoms with Crippen molar-refractivity contribution in [2.45, 2.75) is 6.92 Å². The van der Waals surface area contributed by atoms with Crippen LogP contribution < -0.4 is 5.32 Å². The van der Waals surface area contributed by atoms with Gasteiger partial charge in [0.2, 0.25) is 0 Å². The Balaban J connectivity index is 2.23. The third-order valence-corrected chi connectivity index (χ3v) is 2.87. The topological polar surface area (TPSA) is 92.2 Å². The van der Waals surface area contributed by atoms with Crippen LogP contribution in [0.25, 0.3) is 0 Å². The van der Waals surface area contributed by atoms with Gasteiger partial charge < -0.3 is 10.4 Å². The summed E-state index contributed by atoms with van der Waals surface area (Å²) in [6, 6.07) is 4.42. The number of carbonyl (C=O) groups is 2. The lowest BCUT2D eigenvalue weighted by molar-refractivity contribution is 0.0696. The Morgan fingerprint density at radius 2 is 1.95 bits per heavy atom. The van der Waals surface area contributed by atoms with Crippen LogP contribution in [-0.4, -0.2) is 27.0 Å². The number of carbonyl (C=O) groups excluding carboxylic acids is 1. The summed E-state index contributed by atoms with van der Waals surface area (Å²) in [7, 11) is 0. The van der Waals surface area contributed by atoms with Crippen LogP contribution in [0.3, 0.4) is 0 Å². The van der Waals surface area contributed by atoms with E-state index in [2.05, 4.69) is 31.2 Å². The molecule has 1 aromatic heterocycles. The summed E-state index contributed by atoms with van der Waals surface area (Å²) in [4.78, 5) is 30.8. The zero-order valence-corrected chi connectivity index (χ0v) is 12.0. The number of carboxylic acids is 1. The highest BCUT2D eigenvalue weighted by atomic mass is 79.9. The van der Waals surface area contributed by atoms with Crippen molar-refractivity contribution in [1.82, 2.24) is 9.97 Å². The number of anilines is 1. The van der Waals surface area contributed by atoms with Crippen LogP contribution in [0.5, 0.6) is 0 Å². The average molecular weight is 336 g/mol. The van der Waals surface area contributed by atoms with Crippen molar-refractivity contribution in [1.29, 1.82) is 0 Å². The van der Waals surface area contributed by atoms with Crippen molar-refractivity contribution in [2.75, 3.05) is 5.32 Å². The molecule has 2 rings (SSSR count). The van der Waals surface area contributed by atoms with Crippen LogP contribution >= 0.6 is 15.9 Å². The second kappa shape index (κ2) is 5.79. The highest BCUT2D eigenvalue weighted by Gasteiger charge is 2.11. The predicted molar refractivity (Wildman–Crippen MR) is 75.8 cm³/mol. The molecule has 0 fully saturated rings. The standard InChI is InChI=1S/C13H10BrN3O3/c1-7-5-16-11(6-15-7)12(18)17-10-3-8(13(19)20)2-9(14)4-10/h2-6H,1H3,(H,17,18)(H,19,20). The Morgan fingerprint density at radius 3 is 2.55 bits per heavy atom. The SMILES string of the molecule is Cc1cnc(C(=O)Nc2cc(Br)cc(C(=O)O)c2)cn1. The number of carboxylic acid groups (broad SMARTS) is 1. The summed E-state index contributed by atoms with van der Waals surface area (Å²) in [5.74, 6) is -1.52. The molecular formula is C13H10BrN3O3. The van der Waals surface area contributed by atoms with Crippen molar-refractivity contribution in [3.05, 3.63) is 52.0 Å². The summed E-state index contributed by atoms with van der Waals surface area (Å²) < 4.78 is 0.558. The van der Waals surface area contributed by atoms with E-state index in [9.17, 15) is 9.59 Å². The summed E-state index contributed by atoms with van der Waals surface area (Å²) in [5, 5.41) is 11.5. The molecular weight excluding hydrogens is 326 g/mol. The van der Waals surface area contributed by atoms with Gasteiger partial charge in [-0.3, -0.25) is 9.78 Å². The molecule has 0 aliphatic rings. The van der Waals surface area contributed by atoms with Gasteiger partial charge in [-0.1, -0.05) is 15.9 Å². The first-order valence-electron chi connectivity index (χ1n) is 5.59. The lowest BCUT2D eigenvalue weighted by Crippen LogP contribution is -2.14. The summed E-state index contributed by atoms with van der Waals surface area (Å²) in [5.41, 5.74) is 1.30. The van der Waals surface area contributed by atoms with Crippen LogP contribution in [0.15, 0.2) is 35.1 Å². The largest absolute Gasteiger partial charge is 0.478 e. The van der Waals surface area contributed by atoms with E-state index in [0.29, 0.717) is 15.9 Å². The number of amides is 1. The molecule has 2 aromatic rings. The smallest absolute Gasteiger partial charge is 0.335 e. The van der Waals surface area contributed by atoms with Crippen LogP contribution in [0.4, 0.5) is 5.69 Å². The molecule has 0 atom stereocenters. The molecule has 0 aliphatic carbocycles. The van der Waals surface area contributed by atoms with E-state index < -0.39 is 11.9 Å². The molecule has 6 nitrogen and oxygen atoms in total. The fourth-order valence-corrected chi connectivity index (χ4v) is 1.98. The van der Waals surface area contributed by atoms with Gasteiger partial charge in [0.25, 0.3) is 5.91 Å². The highest BCUT2D eigenvalue weighted by Crippen LogP contribution is 2.20. The fraction of sp³-hybridized carbons (Fsp3) is 0.0769. The number of aromatic nitrogens is 2. The highest BCUT2D eigenvalue weighted by molar-refractivity contribution is 9.10. The molecule has 7 heteroatoms. The second-order valence-electron chi connectivity index (χ2n) is 4.03. The van der Waals surface area contributed by atoms with Crippen molar-refractivity contribution < 1.29 is 14.7 Å². The molecule has 0 spiro atoms. The molecule has 0 aliphatic heterocycles. The lowest BCUT2D eigenvalue weighted by Gasteiger charge is -2.06. The van der Waals surface area contributed by atoms with Gasteiger partial charge in [-0.05, 0) is 25.1 Å². The fourth-order valence-electron chi connectivity index (χ4n) is 1.49. The number of aromatic carboxylic acids is 1. The van der Waals surface area contributed by atoms with Gasteiger partial charge in [0, 0.05) is 16.4 Å². The van der Waals surface area contributed by atoms with Crippen LogP contribution in [0.1, 0.15) is 26.5 Å². The minimum atomic E-state index is -1.07. The lowest BCUT2D eigenvalue weighted by atomic mass is 10.2. The third-order valence-electron chi connectivity index (χ3n) is 2.42. The molecule has 0 unspecified atom stereocenters. The van der Waals surface area contributed by atoms with Crippen LogP contribution in [0.2, 0.25) is 0 Å². The first kappa shape index (κ1) is 14.1. The normalized spacial score (nSPS) is 10.1. The number of rotatable bonds is 3. The molecule has 0 bridgehead atoms. The van der Waals surface area contributed by atoms with Gasteiger partial charge >= 0.3 is 5.97 Å². The van der Waals surface area contributed by atoms with Crippen molar-refractivity contribution in [3.8, 4) is 0 Å². The molecule has 1 heterocycles. The molecule has 2 N–H and O–H groups in total. The van der Waals surface area contributed by atoms with Gasteiger partial charge in [-0.2, -0.15) is 0 Å². The minimum absolute atomic E-state index is 0.0738. The quantitative estimate of drug-likeness (QED) is 0.898. The Kier molecular flexibility index (Phi) is 4.09. The summed E-state index contributed by atoms with van der Waals surface area (Å²) in [6.07, 6.45) is 2.85. The predicted octanol–water partition coefficient (Wildman–Crippen LogP) is 2.50. The average Bonchev–Trinajstić information content (AvgIpc) is 2.38. The maximum Gasteiger partial charge on any atom is 0.335 e. The van der Waals surface area contributed by atoms with Crippen molar-refractivity contribution in [2.24, 2.45) is 0 Å². The number of nitrogens with zero attached hydrogens (tertiary/aromatic N) is 2. The Hall–Kier alpha value is -2.28. The van der Waals surface area contributed by atoms with E-state index in [1.165, 1.54) is 24.5 Å². The number of aryl methyl sites for hydroxylation is 1. The Morgan fingerprint density at radius 1 is 1.20 bits per heavy atom. The maximum absolute atomic E-state index is 11.9. The third kappa shape index (κ3) is 3.39. The van der Waals surface area contributed by atoms with Gasteiger partial charge in [0.15, 0.2) is 0 Å². The first-order chi connectivity index (χ1) is 9.45. The van der Waals surface area contributed by atoms with Crippen molar-refractivity contribution in [3.63, 3.8) is 0 Å². The van der Waals surface area contributed by atoms with E-state index >= 15 is 0 Å². The summed E-state index contributed by atoms with van der Waals surface area (Å²) >= 11 is 3.19. The van der Waals surface area contributed by atoms with E-state index in [1.807, 2.05) is 0 Å². The molecule has 1 amide bonds. The molecule has 0 saturated carbocycles. The van der Waals surface area contributed by atoms with Gasteiger partial charge in [-0.15, -0.1) is 0 Å². The zero-order valence-electron chi connectivity index (χ0n) is 10.4. The van der Waals surface area contributed by atoms with Gasteiger partial charge in [0.1, 0.15) is 5.69 Å². The number of benzene rings is 1. The molecule has 0 radical (unpaired) electrons.